The topological polar surface area (TPSA) is 56.5 Å². The lowest BCUT2D eigenvalue weighted by molar-refractivity contribution is 0.0763. The van der Waals surface area contributed by atoms with E-state index in [-0.39, 0.29) is 12.4 Å². The standard InChI is InChI=1S/C11H13N3O2/c1-2-5-16-8-11(15)9-6-13-14-4-3-12-7-10(9)14/h3-4,6-7H,2,5,8H2,1H3. The highest BCUT2D eigenvalue weighted by Gasteiger charge is 2.12. The molecule has 5 heteroatoms. The molecule has 0 unspecified atom stereocenters. The van der Waals surface area contributed by atoms with Crippen LogP contribution in [-0.4, -0.2) is 33.6 Å². The molecule has 0 amide bonds. The van der Waals surface area contributed by atoms with Crippen LogP contribution < -0.4 is 0 Å². The number of nitrogens with zero attached hydrogens (tertiary/aromatic N) is 3. The lowest BCUT2D eigenvalue weighted by Crippen LogP contribution is -2.09. The van der Waals surface area contributed by atoms with Crippen LogP contribution in [0.3, 0.4) is 0 Å². The Bertz CT molecular complexity index is 493. The molecule has 0 radical (unpaired) electrons. The minimum Gasteiger partial charge on any atom is -0.373 e. The van der Waals surface area contributed by atoms with E-state index in [9.17, 15) is 4.79 Å². The maximum Gasteiger partial charge on any atom is 0.192 e. The molecule has 0 saturated carbocycles. The molecular formula is C11H13N3O2. The summed E-state index contributed by atoms with van der Waals surface area (Å²) in [4.78, 5) is 15.8. The van der Waals surface area contributed by atoms with Gasteiger partial charge in [-0.3, -0.25) is 9.78 Å². The average molecular weight is 219 g/mol. The zero-order chi connectivity index (χ0) is 11.4. The number of rotatable bonds is 5. The van der Waals surface area contributed by atoms with Crippen LogP contribution in [0.2, 0.25) is 0 Å². The molecule has 5 nitrogen and oxygen atoms in total. The lowest BCUT2D eigenvalue weighted by atomic mass is 10.2. The summed E-state index contributed by atoms with van der Waals surface area (Å²) < 4.78 is 6.84. The average Bonchev–Trinajstić information content (AvgIpc) is 2.73. The Kier molecular flexibility index (Phi) is 3.26. The Morgan fingerprint density at radius 3 is 3.19 bits per heavy atom. The number of Topliss-reactive ketones (excluding diaryl/α,β-unsaturated/α-hetero) is 1. The molecule has 0 spiro atoms. The van der Waals surface area contributed by atoms with Crippen LogP contribution in [0, 0.1) is 0 Å². The summed E-state index contributed by atoms with van der Waals surface area (Å²) in [6, 6.07) is 0. The van der Waals surface area contributed by atoms with Gasteiger partial charge in [-0.05, 0) is 6.42 Å². The number of carbonyl (C=O) groups is 1. The van der Waals surface area contributed by atoms with Crippen LogP contribution in [0.15, 0.2) is 24.8 Å². The van der Waals surface area contributed by atoms with Crippen LogP contribution in [-0.2, 0) is 4.74 Å². The van der Waals surface area contributed by atoms with Gasteiger partial charge >= 0.3 is 0 Å². The Balaban J connectivity index is 2.17. The van der Waals surface area contributed by atoms with Gasteiger partial charge in [-0.15, -0.1) is 0 Å². The molecule has 2 heterocycles. The molecule has 0 aromatic carbocycles. The third kappa shape index (κ3) is 2.09. The summed E-state index contributed by atoms with van der Waals surface area (Å²) in [5.41, 5.74) is 1.27. The van der Waals surface area contributed by atoms with Crippen molar-refractivity contribution in [3.05, 3.63) is 30.4 Å². The molecule has 84 valence electrons. The molecule has 0 fully saturated rings. The second-order valence-corrected chi connectivity index (χ2v) is 3.44. The summed E-state index contributed by atoms with van der Waals surface area (Å²) in [6.07, 6.45) is 7.42. The highest BCUT2D eigenvalue weighted by molar-refractivity contribution is 6.02. The molecule has 0 aliphatic heterocycles. The fourth-order valence-corrected chi connectivity index (χ4v) is 1.44. The number of ketones is 1. The second kappa shape index (κ2) is 4.85. The van der Waals surface area contributed by atoms with Crippen molar-refractivity contribution in [2.75, 3.05) is 13.2 Å². The Morgan fingerprint density at radius 1 is 1.50 bits per heavy atom. The van der Waals surface area contributed by atoms with Gasteiger partial charge in [-0.1, -0.05) is 6.92 Å². The smallest absolute Gasteiger partial charge is 0.192 e. The van der Waals surface area contributed by atoms with E-state index in [1.54, 1.807) is 29.3 Å². The van der Waals surface area contributed by atoms with Crippen molar-refractivity contribution < 1.29 is 9.53 Å². The van der Waals surface area contributed by atoms with Gasteiger partial charge in [0.25, 0.3) is 0 Å². The molecule has 2 aromatic heterocycles. The Hall–Kier alpha value is -1.75. The number of carbonyl (C=O) groups excluding carboxylic acids is 1. The monoisotopic (exact) mass is 219 g/mol. The van der Waals surface area contributed by atoms with E-state index >= 15 is 0 Å². The van der Waals surface area contributed by atoms with Gasteiger partial charge in [-0.25, -0.2) is 4.52 Å². The van der Waals surface area contributed by atoms with Gasteiger partial charge in [0.05, 0.1) is 23.5 Å². The molecule has 0 bridgehead atoms. The van der Waals surface area contributed by atoms with Gasteiger partial charge in [-0.2, -0.15) is 5.10 Å². The maximum atomic E-state index is 11.8. The molecule has 0 saturated heterocycles. The zero-order valence-corrected chi connectivity index (χ0v) is 9.09. The largest absolute Gasteiger partial charge is 0.373 e. The number of aromatic nitrogens is 3. The Labute approximate surface area is 93.1 Å². The van der Waals surface area contributed by atoms with E-state index in [0.29, 0.717) is 17.7 Å². The molecule has 0 N–H and O–H groups in total. The number of hydrogen-bond donors (Lipinski definition) is 0. The van der Waals surface area contributed by atoms with Crippen molar-refractivity contribution in [1.82, 2.24) is 14.6 Å². The molecule has 0 atom stereocenters. The van der Waals surface area contributed by atoms with Crippen molar-refractivity contribution in [3.8, 4) is 0 Å². The van der Waals surface area contributed by atoms with E-state index in [4.69, 9.17) is 4.74 Å². The highest BCUT2D eigenvalue weighted by Crippen LogP contribution is 2.09. The van der Waals surface area contributed by atoms with Gasteiger partial charge in [0.15, 0.2) is 5.78 Å². The van der Waals surface area contributed by atoms with E-state index < -0.39 is 0 Å². The highest BCUT2D eigenvalue weighted by atomic mass is 16.5. The molecule has 16 heavy (non-hydrogen) atoms. The molecular weight excluding hydrogens is 206 g/mol. The molecule has 0 aliphatic rings. The second-order valence-electron chi connectivity index (χ2n) is 3.44. The first-order chi connectivity index (χ1) is 7.83. The van der Waals surface area contributed by atoms with Gasteiger partial charge in [0.1, 0.15) is 6.61 Å². The normalized spacial score (nSPS) is 10.8. The van der Waals surface area contributed by atoms with E-state index in [2.05, 4.69) is 10.1 Å². The quantitative estimate of drug-likeness (QED) is 0.562. The first-order valence-corrected chi connectivity index (χ1v) is 5.21. The van der Waals surface area contributed by atoms with Crippen molar-refractivity contribution in [1.29, 1.82) is 0 Å². The Morgan fingerprint density at radius 2 is 2.38 bits per heavy atom. The number of fused-ring (bicyclic) bond motifs is 1. The summed E-state index contributed by atoms with van der Waals surface area (Å²) in [6.45, 7) is 2.71. The summed E-state index contributed by atoms with van der Waals surface area (Å²) in [5, 5.41) is 4.07. The minimum absolute atomic E-state index is 0.0588. The van der Waals surface area contributed by atoms with Crippen molar-refractivity contribution in [2.45, 2.75) is 13.3 Å². The van der Waals surface area contributed by atoms with E-state index in [0.717, 1.165) is 6.42 Å². The number of ether oxygens (including phenoxy) is 1. The van der Waals surface area contributed by atoms with E-state index in [1.165, 1.54) is 0 Å². The first-order valence-electron chi connectivity index (χ1n) is 5.21. The van der Waals surface area contributed by atoms with Crippen molar-refractivity contribution in [2.24, 2.45) is 0 Å². The van der Waals surface area contributed by atoms with Crippen LogP contribution >= 0.6 is 0 Å². The fourth-order valence-electron chi connectivity index (χ4n) is 1.44. The van der Waals surface area contributed by atoms with Gasteiger partial charge in [0, 0.05) is 19.0 Å². The lowest BCUT2D eigenvalue weighted by Gasteiger charge is -2.00. The van der Waals surface area contributed by atoms with Crippen LogP contribution in [0.5, 0.6) is 0 Å². The molecule has 2 aromatic rings. The fraction of sp³-hybridized carbons (Fsp3) is 0.364. The molecule has 0 aliphatic carbocycles. The third-order valence-corrected chi connectivity index (χ3v) is 2.21. The van der Waals surface area contributed by atoms with Crippen LogP contribution in [0.25, 0.3) is 5.52 Å². The van der Waals surface area contributed by atoms with Crippen LogP contribution in [0.1, 0.15) is 23.7 Å². The predicted molar refractivity (Wildman–Crippen MR) is 58.4 cm³/mol. The minimum atomic E-state index is -0.0588. The summed E-state index contributed by atoms with van der Waals surface area (Å²) in [7, 11) is 0. The van der Waals surface area contributed by atoms with E-state index in [1.807, 2.05) is 6.92 Å². The van der Waals surface area contributed by atoms with Gasteiger partial charge in [0.2, 0.25) is 0 Å². The third-order valence-electron chi connectivity index (χ3n) is 2.21. The summed E-state index contributed by atoms with van der Waals surface area (Å²) in [5.74, 6) is -0.0588. The van der Waals surface area contributed by atoms with Crippen molar-refractivity contribution in [3.63, 3.8) is 0 Å². The number of hydrogen-bond acceptors (Lipinski definition) is 4. The van der Waals surface area contributed by atoms with Crippen molar-refractivity contribution >= 4 is 11.3 Å². The zero-order valence-electron chi connectivity index (χ0n) is 9.09. The SMILES string of the molecule is CCCOCC(=O)c1cnn2ccncc12. The maximum absolute atomic E-state index is 11.8. The molecule has 2 rings (SSSR count). The van der Waals surface area contributed by atoms with Crippen LogP contribution in [0.4, 0.5) is 0 Å². The predicted octanol–water partition coefficient (Wildman–Crippen LogP) is 1.34. The first kappa shape index (κ1) is 10.8. The summed E-state index contributed by atoms with van der Waals surface area (Å²) >= 11 is 0. The van der Waals surface area contributed by atoms with Gasteiger partial charge < -0.3 is 4.74 Å².